The van der Waals surface area contributed by atoms with Gasteiger partial charge in [-0.1, -0.05) is 6.07 Å². The van der Waals surface area contributed by atoms with E-state index >= 15 is 0 Å². The summed E-state index contributed by atoms with van der Waals surface area (Å²) >= 11 is 1.02. The molecule has 0 aliphatic rings. The Labute approximate surface area is 196 Å². The molecular weight excluding hydrogens is 466 g/mol. The van der Waals surface area contributed by atoms with Gasteiger partial charge < -0.3 is 10.1 Å². The number of thiazole rings is 1. The zero-order valence-corrected chi connectivity index (χ0v) is 19.1. The molecule has 3 heterocycles. The molecule has 0 aliphatic heterocycles. The van der Waals surface area contributed by atoms with E-state index in [0.717, 1.165) is 33.6 Å². The van der Waals surface area contributed by atoms with Crippen LogP contribution in [-0.4, -0.2) is 26.5 Å². The van der Waals surface area contributed by atoms with E-state index in [4.69, 9.17) is 4.74 Å². The molecule has 4 aromatic rings. The minimum atomic E-state index is -1.07. The first-order valence-corrected chi connectivity index (χ1v) is 11.2. The first-order valence-electron chi connectivity index (χ1n) is 10.3. The van der Waals surface area contributed by atoms with Crippen molar-refractivity contribution >= 4 is 22.1 Å². The van der Waals surface area contributed by atoms with E-state index < -0.39 is 28.8 Å². The van der Waals surface area contributed by atoms with Gasteiger partial charge in [-0.3, -0.25) is 18.6 Å². The lowest BCUT2D eigenvalue weighted by atomic mass is 10.2. The van der Waals surface area contributed by atoms with Crippen molar-refractivity contribution in [3.8, 4) is 5.88 Å². The topological polar surface area (TPSA) is 94.7 Å². The van der Waals surface area contributed by atoms with Gasteiger partial charge in [0.05, 0.1) is 13.2 Å². The number of hydrogen-bond donors (Lipinski definition) is 1. The fourth-order valence-electron chi connectivity index (χ4n) is 3.39. The molecule has 0 spiro atoms. The number of nitrogens with zero attached hydrogens (tertiary/aromatic N) is 3. The summed E-state index contributed by atoms with van der Waals surface area (Å²) in [5.41, 5.74) is 0.0634. The highest BCUT2D eigenvalue weighted by Crippen LogP contribution is 2.19. The standard InChI is InChI=1S/C23H20F2N4O4S/c1-3-33-19-9-14(6-7-26-19)10-27-20(30)18-12-29-22(34-18)13(2)21(31)28(23(29)32)11-15-4-5-16(24)17(25)8-15/h4-9,12H,3,10-11H2,1-2H3,(H,27,30). The number of aryl methyl sites for hydroxylation is 1. The van der Waals surface area contributed by atoms with Gasteiger partial charge in [0.15, 0.2) is 11.6 Å². The summed E-state index contributed by atoms with van der Waals surface area (Å²) in [6.07, 6.45) is 2.94. The summed E-state index contributed by atoms with van der Waals surface area (Å²) in [6, 6.07) is 6.64. The monoisotopic (exact) mass is 486 g/mol. The van der Waals surface area contributed by atoms with Crippen LogP contribution >= 0.6 is 11.3 Å². The number of hydrogen-bond acceptors (Lipinski definition) is 6. The molecule has 0 aliphatic carbocycles. The molecule has 0 bridgehead atoms. The van der Waals surface area contributed by atoms with Crippen LogP contribution in [0.15, 0.2) is 52.3 Å². The third-order valence-corrected chi connectivity index (χ3v) is 6.30. The van der Waals surface area contributed by atoms with Gasteiger partial charge >= 0.3 is 5.69 Å². The Bertz CT molecular complexity index is 1510. The number of aromatic nitrogens is 3. The maximum absolute atomic E-state index is 13.6. The molecule has 0 atom stereocenters. The third-order valence-electron chi connectivity index (χ3n) is 5.09. The number of pyridine rings is 1. The largest absolute Gasteiger partial charge is 0.478 e. The predicted octanol–water partition coefficient (Wildman–Crippen LogP) is 2.88. The number of nitrogens with one attached hydrogen (secondary N) is 1. The summed E-state index contributed by atoms with van der Waals surface area (Å²) in [5.74, 6) is -2.05. The second-order valence-corrected chi connectivity index (χ2v) is 8.47. The van der Waals surface area contributed by atoms with Gasteiger partial charge in [0.25, 0.3) is 11.5 Å². The van der Waals surface area contributed by atoms with Gasteiger partial charge in [0.1, 0.15) is 9.71 Å². The molecule has 0 fully saturated rings. The summed E-state index contributed by atoms with van der Waals surface area (Å²) < 4.78 is 34.3. The van der Waals surface area contributed by atoms with Crippen molar-refractivity contribution in [3.63, 3.8) is 0 Å². The molecule has 0 saturated carbocycles. The molecule has 3 aromatic heterocycles. The molecule has 4 rings (SSSR count). The second-order valence-electron chi connectivity index (χ2n) is 7.44. The quantitative estimate of drug-likeness (QED) is 0.434. The lowest BCUT2D eigenvalue weighted by molar-refractivity contribution is 0.0954. The van der Waals surface area contributed by atoms with Gasteiger partial charge in [-0.15, -0.1) is 11.3 Å². The molecule has 8 nitrogen and oxygen atoms in total. The molecule has 1 N–H and O–H groups in total. The van der Waals surface area contributed by atoms with Crippen molar-refractivity contribution in [2.45, 2.75) is 26.9 Å². The molecule has 0 unspecified atom stereocenters. The highest BCUT2D eigenvalue weighted by Gasteiger charge is 2.18. The molecule has 34 heavy (non-hydrogen) atoms. The van der Waals surface area contributed by atoms with Crippen molar-refractivity contribution < 1.29 is 18.3 Å². The number of rotatable bonds is 7. The van der Waals surface area contributed by atoms with Gasteiger partial charge in [-0.05, 0) is 43.2 Å². The van der Waals surface area contributed by atoms with E-state index in [1.54, 1.807) is 25.3 Å². The van der Waals surface area contributed by atoms with Crippen molar-refractivity contribution in [1.82, 2.24) is 19.3 Å². The van der Waals surface area contributed by atoms with E-state index in [9.17, 15) is 23.2 Å². The fraction of sp³-hybridized carbons (Fsp3) is 0.217. The van der Waals surface area contributed by atoms with Crippen molar-refractivity contribution in [2.24, 2.45) is 0 Å². The SMILES string of the molecule is CCOc1cc(CNC(=O)c2cn3c(=O)n(Cc4ccc(F)c(F)c4)c(=O)c(C)c3s2)ccn1. The minimum absolute atomic E-state index is 0.215. The van der Waals surface area contributed by atoms with Crippen LogP contribution in [0.1, 0.15) is 33.3 Å². The van der Waals surface area contributed by atoms with Gasteiger partial charge in [0, 0.05) is 30.6 Å². The first-order chi connectivity index (χ1) is 16.3. The van der Waals surface area contributed by atoms with Crippen LogP contribution in [0.5, 0.6) is 5.88 Å². The molecule has 11 heteroatoms. The maximum Gasteiger partial charge on any atom is 0.336 e. The average molecular weight is 487 g/mol. The summed E-state index contributed by atoms with van der Waals surface area (Å²) in [7, 11) is 0. The van der Waals surface area contributed by atoms with Crippen molar-refractivity contribution in [3.05, 3.63) is 96.8 Å². The number of ether oxygens (including phenoxy) is 1. The fourth-order valence-corrected chi connectivity index (χ4v) is 4.39. The molecule has 0 radical (unpaired) electrons. The van der Waals surface area contributed by atoms with E-state index in [1.165, 1.54) is 16.7 Å². The normalized spacial score (nSPS) is 11.1. The van der Waals surface area contributed by atoms with Crippen LogP contribution in [0.25, 0.3) is 4.83 Å². The number of halogens is 2. The molecular formula is C23H20F2N4O4S. The minimum Gasteiger partial charge on any atom is -0.478 e. The molecule has 1 amide bonds. The third kappa shape index (κ3) is 4.60. The predicted molar refractivity (Wildman–Crippen MR) is 123 cm³/mol. The van der Waals surface area contributed by atoms with Crippen LogP contribution in [0, 0.1) is 18.6 Å². The first kappa shape index (κ1) is 23.3. The number of benzene rings is 1. The van der Waals surface area contributed by atoms with Crippen LogP contribution in [0.4, 0.5) is 8.78 Å². The Kier molecular flexibility index (Phi) is 6.55. The van der Waals surface area contributed by atoms with Crippen LogP contribution in [-0.2, 0) is 13.1 Å². The lowest BCUT2D eigenvalue weighted by Gasteiger charge is -2.08. The van der Waals surface area contributed by atoms with E-state index in [1.807, 2.05) is 6.92 Å². The van der Waals surface area contributed by atoms with Gasteiger partial charge in [-0.25, -0.2) is 18.6 Å². The summed E-state index contributed by atoms with van der Waals surface area (Å²) in [4.78, 5) is 43.2. The maximum atomic E-state index is 13.6. The Morgan fingerprint density at radius 2 is 1.94 bits per heavy atom. The molecule has 0 saturated heterocycles. The second kappa shape index (κ2) is 9.56. The zero-order chi connectivity index (χ0) is 24.4. The van der Waals surface area contributed by atoms with E-state index in [0.29, 0.717) is 17.3 Å². The number of carbonyl (C=O) groups excluding carboxylic acids is 1. The van der Waals surface area contributed by atoms with Crippen LogP contribution in [0.3, 0.4) is 0 Å². The van der Waals surface area contributed by atoms with Crippen LogP contribution in [0.2, 0.25) is 0 Å². The molecule has 176 valence electrons. The number of amides is 1. The number of carbonyl (C=O) groups is 1. The Hall–Kier alpha value is -3.86. The van der Waals surface area contributed by atoms with E-state index in [-0.39, 0.29) is 29.1 Å². The lowest BCUT2D eigenvalue weighted by Crippen LogP contribution is -2.38. The van der Waals surface area contributed by atoms with Crippen molar-refractivity contribution in [1.29, 1.82) is 0 Å². The average Bonchev–Trinajstić information content (AvgIpc) is 3.28. The highest BCUT2D eigenvalue weighted by atomic mass is 32.1. The van der Waals surface area contributed by atoms with E-state index in [2.05, 4.69) is 10.3 Å². The Morgan fingerprint density at radius 1 is 1.15 bits per heavy atom. The molecule has 1 aromatic carbocycles. The number of fused-ring (bicyclic) bond motifs is 1. The van der Waals surface area contributed by atoms with Crippen LogP contribution < -0.4 is 21.3 Å². The summed E-state index contributed by atoms with van der Waals surface area (Å²) in [5, 5.41) is 2.78. The van der Waals surface area contributed by atoms with Crippen molar-refractivity contribution in [2.75, 3.05) is 6.61 Å². The Morgan fingerprint density at radius 3 is 2.68 bits per heavy atom. The summed E-state index contributed by atoms with van der Waals surface area (Å²) in [6.45, 7) is 3.84. The van der Waals surface area contributed by atoms with Gasteiger partial charge in [-0.2, -0.15) is 0 Å². The van der Waals surface area contributed by atoms with Gasteiger partial charge in [0.2, 0.25) is 5.88 Å². The Balaban J connectivity index is 1.61. The highest BCUT2D eigenvalue weighted by molar-refractivity contribution is 7.19. The zero-order valence-electron chi connectivity index (χ0n) is 18.3. The smallest absolute Gasteiger partial charge is 0.336 e.